The number of benzene rings is 1. The summed E-state index contributed by atoms with van der Waals surface area (Å²) in [6.45, 7) is 1.68. The molecule has 0 saturated heterocycles. The van der Waals surface area contributed by atoms with E-state index in [4.69, 9.17) is 5.11 Å². The van der Waals surface area contributed by atoms with E-state index >= 15 is 0 Å². The van der Waals surface area contributed by atoms with Crippen molar-refractivity contribution in [1.82, 2.24) is 5.32 Å². The molecular formula is C12H16FNO2S. The zero-order valence-corrected chi connectivity index (χ0v) is 10.5. The highest BCUT2D eigenvalue weighted by atomic mass is 32.2. The fourth-order valence-corrected chi connectivity index (χ4v) is 2.04. The first-order chi connectivity index (χ1) is 8.11. The lowest BCUT2D eigenvalue weighted by Gasteiger charge is -2.10. The summed E-state index contributed by atoms with van der Waals surface area (Å²) >= 11 is 1.50. The van der Waals surface area contributed by atoms with Crippen molar-refractivity contribution in [1.29, 1.82) is 0 Å². The van der Waals surface area contributed by atoms with E-state index in [0.717, 1.165) is 4.90 Å². The number of hydrogen-bond acceptors (Lipinski definition) is 3. The number of amides is 1. The Morgan fingerprint density at radius 3 is 2.71 bits per heavy atom. The van der Waals surface area contributed by atoms with Crippen LogP contribution >= 0.6 is 11.8 Å². The van der Waals surface area contributed by atoms with Crippen molar-refractivity contribution in [2.24, 2.45) is 0 Å². The minimum atomic E-state index is -0.260. The smallest absolute Gasteiger partial charge is 0.221 e. The highest BCUT2D eigenvalue weighted by Crippen LogP contribution is 2.18. The first kappa shape index (κ1) is 14.0. The fourth-order valence-electron chi connectivity index (χ4n) is 1.19. The summed E-state index contributed by atoms with van der Waals surface area (Å²) in [6, 6.07) is 5.97. The molecule has 0 radical (unpaired) electrons. The Morgan fingerprint density at radius 2 is 2.12 bits per heavy atom. The maximum absolute atomic E-state index is 12.6. The van der Waals surface area contributed by atoms with Crippen molar-refractivity contribution < 1.29 is 14.3 Å². The molecule has 1 unspecified atom stereocenters. The van der Waals surface area contributed by atoms with Gasteiger partial charge in [0.05, 0.1) is 6.61 Å². The van der Waals surface area contributed by atoms with E-state index in [2.05, 4.69) is 5.32 Å². The number of carbonyl (C=O) groups is 1. The van der Waals surface area contributed by atoms with E-state index in [0.29, 0.717) is 12.2 Å². The van der Waals surface area contributed by atoms with E-state index in [-0.39, 0.29) is 24.4 Å². The third-order valence-corrected chi connectivity index (χ3v) is 3.11. The lowest BCUT2D eigenvalue weighted by atomic mass is 10.3. The Bertz CT molecular complexity index is 356. The molecule has 1 amide bonds. The Hall–Kier alpha value is -1.07. The first-order valence-corrected chi connectivity index (χ1v) is 6.39. The van der Waals surface area contributed by atoms with Crippen LogP contribution in [-0.2, 0) is 4.79 Å². The van der Waals surface area contributed by atoms with Gasteiger partial charge in [-0.1, -0.05) is 0 Å². The number of rotatable bonds is 6. The molecule has 0 aromatic heterocycles. The third kappa shape index (κ3) is 5.70. The predicted octanol–water partition coefficient (Wildman–Crippen LogP) is 1.80. The van der Waals surface area contributed by atoms with E-state index < -0.39 is 0 Å². The molecule has 94 valence electrons. The van der Waals surface area contributed by atoms with Crippen molar-refractivity contribution in [3.8, 4) is 0 Å². The number of aliphatic hydroxyl groups is 1. The average molecular weight is 257 g/mol. The highest BCUT2D eigenvalue weighted by Gasteiger charge is 2.05. The SMILES string of the molecule is CC(CO)NC(=O)CCSc1ccc(F)cc1. The Balaban J connectivity index is 2.23. The molecule has 1 aromatic carbocycles. The molecule has 0 heterocycles. The summed E-state index contributed by atoms with van der Waals surface area (Å²) in [5.74, 6) is 0.292. The second-order valence-electron chi connectivity index (χ2n) is 3.70. The van der Waals surface area contributed by atoms with Crippen LogP contribution in [0.5, 0.6) is 0 Å². The van der Waals surface area contributed by atoms with Gasteiger partial charge in [0, 0.05) is 23.1 Å². The zero-order valence-electron chi connectivity index (χ0n) is 9.65. The predicted molar refractivity (Wildman–Crippen MR) is 66.4 cm³/mol. The van der Waals surface area contributed by atoms with Gasteiger partial charge in [-0.25, -0.2) is 4.39 Å². The monoisotopic (exact) mass is 257 g/mol. The Labute approximate surface area is 104 Å². The van der Waals surface area contributed by atoms with Gasteiger partial charge in [-0.2, -0.15) is 0 Å². The molecule has 3 nitrogen and oxygen atoms in total. The molecule has 1 atom stereocenters. The molecule has 1 aromatic rings. The zero-order chi connectivity index (χ0) is 12.7. The summed E-state index contributed by atoms with van der Waals surface area (Å²) in [6.07, 6.45) is 0.381. The molecular weight excluding hydrogens is 241 g/mol. The molecule has 0 aliphatic heterocycles. The number of aliphatic hydroxyl groups excluding tert-OH is 1. The molecule has 0 fully saturated rings. The highest BCUT2D eigenvalue weighted by molar-refractivity contribution is 7.99. The minimum absolute atomic E-state index is 0.0587. The number of carbonyl (C=O) groups excluding carboxylic acids is 1. The molecule has 0 saturated carbocycles. The van der Waals surface area contributed by atoms with E-state index in [9.17, 15) is 9.18 Å². The summed E-state index contributed by atoms with van der Waals surface area (Å²) in [7, 11) is 0. The van der Waals surface area contributed by atoms with Gasteiger partial charge in [-0.15, -0.1) is 11.8 Å². The molecule has 0 bridgehead atoms. The fraction of sp³-hybridized carbons (Fsp3) is 0.417. The van der Waals surface area contributed by atoms with Gasteiger partial charge in [-0.05, 0) is 31.2 Å². The normalized spacial score (nSPS) is 12.2. The molecule has 2 N–H and O–H groups in total. The molecule has 0 aliphatic carbocycles. The molecule has 1 rings (SSSR count). The van der Waals surface area contributed by atoms with Crippen molar-refractivity contribution in [3.63, 3.8) is 0 Å². The van der Waals surface area contributed by atoms with Crippen LogP contribution in [0.15, 0.2) is 29.2 Å². The summed E-state index contributed by atoms with van der Waals surface area (Å²) in [4.78, 5) is 12.3. The van der Waals surface area contributed by atoms with Crippen LogP contribution in [0.25, 0.3) is 0 Å². The van der Waals surface area contributed by atoms with Crippen LogP contribution in [-0.4, -0.2) is 29.4 Å². The van der Waals surface area contributed by atoms with Gasteiger partial charge in [0.2, 0.25) is 5.91 Å². The van der Waals surface area contributed by atoms with Crippen LogP contribution in [0.3, 0.4) is 0 Å². The van der Waals surface area contributed by atoms with Crippen molar-refractivity contribution in [3.05, 3.63) is 30.1 Å². The van der Waals surface area contributed by atoms with Gasteiger partial charge < -0.3 is 10.4 Å². The standard InChI is InChI=1S/C12H16FNO2S/c1-9(8-15)14-12(16)6-7-17-11-4-2-10(13)3-5-11/h2-5,9,15H,6-8H2,1H3,(H,14,16). The lowest BCUT2D eigenvalue weighted by molar-refractivity contribution is -0.121. The quantitative estimate of drug-likeness (QED) is 0.764. The van der Waals surface area contributed by atoms with Gasteiger partial charge in [0.1, 0.15) is 5.82 Å². The first-order valence-electron chi connectivity index (χ1n) is 5.40. The van der Waals surface area contributed by atoms with Crippen molar-refractivity contribution >= 4 is 17.7 Å². The lowest BCUT2D eigenvalue weighted by Crippen LogP contribution is -2.35. The van der Waals surface area contributed by atoms with E-state index in [1.807, 2.05) is 0 Å². The van der Waals surface area contributed by atoms with Crippen molar-refractivity contribution in [2.45, 2.75) is 24.3 Å². The molecule has 5 heteroatoms. The summed E-state index contributed by atoms with van der Waals surface area (Å²) in [5.41, 5.74) is 0. The minimum Gasteiger partial charge on any atom is -0.394 e. The van der Waals surface area contributed by atoms with E-state index in [1.54, 1.807) is 19.1 Å². The van der Waals surface area contributed by atoms with Crippen LogP contribution in [0.1, 0.15) is 13.3 Å². The largest absolute Gasteiger partial charge is 0.394 e. The molecule has 0 aliphatic rings. The van der Waals surface area contributed by atoms with Crippen LogP contribution in [0.4, 0.5) is 4.39 Å². The summed E-state index contributed by atoms with van der Waals surface area (Å²) < 4.78 is 12.6. The second-order valence-corrected chi connectivity index (χ2v) is 4.87. The summed E-state index contributed by atoms with van der Waals surface area (Å²) in [5, 5.41) is 11.4. The van der Waals surface area contributed by atoms with Crippen LogP contribution in [0.2, 0.25) is 0 Å². The Kier molecular flexibility index (Phi) is 6.00. The van der Waals surface area contributed by atoms with Gasteiger partial charge in [-0.3, -0.25) is 4.79 Å². The maximum Gasteiger partial charge on any atom is 0.221 e. The van der Waals surface area contributed by atoms with Crippen LogP contribution < -0.4 is 5.32 Å². The number of nitrogens with one attached hydrogen (secondary N) is 1. The van der Waals surface area contributed by atoms with E-state index in [1.165, 1.54) is 23.9 Å². The number of halogens is 1. The second kappa shape index (κ2) is 7.29. The topological polar surface area (TPSA) is 49.3 Å². The van der Waals surface area contributed by atoms with Crippen molar-refractivity contribution in [2.75, 3.05) is 12.4 Å². The average Bonchev–Trinajstić information content (AvgIpc) is 2.31. The third-order valence-electron chi connectivity index (χ3n) is 2.09. The maximum atomic E-state index is 12.6. The number of thioether (sulfide) groups is 1. The molecule has 17 heavy (non-hydrogen) atoms. The van der Waals surface area contributed by atoms with Crippen LogP contribution in [0, 0.1) is 5.82 Å². The molecule has 0 spiro atoms. The van der Waals surface area contributed by atoms with Gasteiger partial charge in [0.25, 0.3) is 0 Å². The van der Waals surface area contributed by atoms with Gasteiger partial charge >= 0.3 is 0 Å². The Morgan fingerprint density at radius 1 is 1.47 bits per heavy atom. The van der Waals surface area contributed by atoms with Gasteiger partial charge in [0.15, 0.2) is 0 Å². The number of hydrogen-bond donors (Lipinski definition) is 2.